The van der Waals surface area contributed by atoms with Crippen molar-refractivity contribution >= 4 is 12.0 Å². The van der Waals surface area contributed by atoms with E-state index in [-0.39, 0.29) is 12.5 Å². The number of carbonyl (C=O) groups is 2. The van der Waals surface area contributed by atoms with Crippen LogP contribution in [0.15, 0.2) is 43.0 Å². The van der Waals surface area contributed by atoms with E-state index in [4.69, 9.17) is 5.11 Å². The number of aliphatic carboxylic acids is 1. The number of nitrogens with one attached hydrogen (secondary N) is 1. The number of nitrogens with zero attached hydrogens (tertiary/aromatic N) is 1. The van der Waals surface area contributed by atoms with Crippen LogP contribution in [0.2, 0.25) is 0 Å². The first kappa shape index (κ1) is 14.8. The maximum absolute atomic E-state index is 11.9. The zero-order chi connectivity index (χ0) is 14.3. The molecule has 1 unspecified atom stereocenters. The van der Waals surface area contributed by atoms with Gasteiger partial charge >= 0.3 is 12.0 Å². The van der Waals surface area contributed by atoms with Gasteiger partial charge < -0.3 is 15.3 Å². The molecule has 2 N–H and O–H groups in total. The van der Waals surface area contributed by atoms with Crippen molar-refractivity contribution in [3.63, 3.8) is 0 Å². The zero-order valence-corrected chi connectivity index (χ0v) is 10.9. The van der Waals surface area contributed by atoms with E-state index in [2.05, 4.69) is 11.9 Å². The lowest BCUT2D eigenvalue weighted by molar-refractivity contribution is -0.137. The molecule has 19 heavy (non-hydrogen) atoms. The Bertz CT molecular complexity index is 445. The Morgan fingerprint density at radius 2 is 2.05 bits per heavy atom. The standard InChI is InChI=1S/C14H18N2O3/c1-3-9-16(2)14(19)15-12(10-13(17)18)11-7-5-4-6-8-11/h3-8,12H,1,9-10H2,2H3,(H,15,19)(H,17,18). The van der Waals surface area contributed by atoms with Gasteiger partial charge in [0.1, 0.15) is 0 Å². The quantitative estimate of drug-likeness (QED) is 0.771. The van der Waals surface area contributed by atoms with E-state index in [1.807, 2.05) is 18.2 Å². The van der Waals surface area contributed by atoms with Crippen molar-refractivity contribution in [3.05, 3.63) is 48.6 Å². The number of carboxylic acids is 1. The molecule has 0 saturated carbocycles. The van der Waals surface area contributed by atoms with Gasteiger partial charge in [-0.15, -0.1) is 6.58 Å². The third-order valence-corrected chi connectivity index (χ3v) is 2.63. The first-order valence-corrected chi connectivity index (χ1v) is 5.94. The van der Waals surface area contributed by atoms with Gasteiger partial charge in [-0.25, -0.2) is 4.79 Å². The van der Waals surface area contributed by atoms with E-state index in [0.29, 0.717) is 6.54 Å². The van der Waals surface area contributed by atoms with Crippen LogP contribution in [0.1, 0.15) is 18.0 Å². The summed E-state index contributed by atoms with van der Waals surface area (Å²) in [7, 11) is 1.62. The SMILES string of the molecule is C=CCN(C)C(=O)NC(CC(=O)O)c1ccccc1. The van der Waals surface area contributed by atoms with Gasteiger partial charge in [0.2, 0.25) is 0 Å². The second kappa shape index (κ2) is 7.20. The van der Waals surface area contributed by atoms with E-state index < -0.39 is 12.0 Å². The minimum atomic E-state index is -0.958. The zero-order valence-electron chi connectivity index (χ0n) is 10.9. The number of likely N-dealkylation sites (N-methyl/N-ethyl adjacent to an activating group) is 1. The van der Waals surface area contributed by atoms with Crippen molar-refractivity contribution in [2.45, 2.75) is 12.5 Å². The number of urea groups is 1. The number of carboxylic acid groups (broad SMARTS) is 1. The van der Waals surface area contributed by atoms with Crippen LogP contribution in [-0.2, 0) is 4.79 Å². The Kier molecular flexibility index (Phi) is 5.60. The number of benzene rings is 1. The molecule has 1 rings (SSSR count). The van der Waals surface area contributed by atoms with Gasteiger partial charge in [0.05, 0.1) is 12.5 Å². The summed E-state index contributed by atoms with van der Waals surface area (Å²) in [6.45, 7) is 3.96. The summed E-state index contributed by atoms with van der Waals surface area (Å²) >= 11 is 0. The summed E-state index contributed by atoms with van der Waals surface area (Å²) in [6.07, 6.45) is 1.45. The number of hydrogen-bond donors (Lipinski definition) is 2. The summed E-state index contributed by atoms with van der Waals surface area (Å²) in [6, 6.07) is 8.18. The molecule has 0 bridgehead atoms. The largest absolute Gasteiger partial charge is 0.481 e. The van der Waals surface area contributed by atoms with Crippen LogP contribution in [0.25, 0.3) is 0 Å². The average Bonchev–Trinajstić information content (AvgIpc) is 2.38. The fourth-order valence-electron chi connectivity index (χ4n) is 1.65. The minimum Gasteiger partial charge on any atom is -0.481 e. The summed E-state index contributed by atoms with van der Waals surface area (Å²) in [5, 5.41) is 11.6. The first-order chi connectivity index (χ1) is 9.04. The molecule has 0 saturated heterocycles. The lowest BCUT2D eigenvalue weighted by Gasteiger charge is -2.22. The second-order valence-electron chi connectivity index (χ2n) is 4.18. The van der Waals surface area contributed by atoms with Crippen LogP contribution in [0.3, 0.4) is 0 Å². The van der Waals surface area contributed by atoms with E-state index in [1.54, 1.807) is 25.3 Å². The maximum atomic E-state index is 11.9. The highest BCUT2D eigenvalue weighted by Crippen LogP contribution is 2.16. The first-order valence-electron chi connectivity index (χ1n) is 5.94. The molecule has 2 amide bonds. The maximum Gasteiger partial charge on any atom is 0.317 e. The summed E-state index contributed by atoms with van der Waals surface area (Å²) in [5.74, 6) is -0.958. The van der Waals surface area contributed by atoms with Crippen LogP contribution in [0.4, 0.5) is 4.79 Å². The lowest BCUT2D eigenvalue weighted by atomic mass is 10.0. The van der Waals surface area contributed by atoms with Crippen LogP contribution < -0.4 is 5.32 Å². The Labute approximate surface area is 112 Å². The van der Waals surface area contributed by atoms with Crippen molar-refractivity contribution < 1.29 is 14.7 Å². The number of rotatable bonds is 6. The van der Waals surface area contributed by atoms with Crippen LogP contribution in [0, 0.1) is 0 Å². The fourth-order valence-corrected chi connectivity index (χ4v) is 1.65. The van der Waals surface area contributed by atoms with Gasteiger partial charge in [0, 0.05) is 13.6 Å². The fraction of sp³-hybridized carbons (Fsp3) is 0.286. The summed E-state index contributed by atoms with van der Waals surface area (Å²) in [5.41, 5.74) is 0.769. The second-order valence-corrected chi connectivity index (χ2v) is 4.18. The highest BCUT2D eigenvalue weighted by Gasteiger charge is 2.19. The molecule has 1 aromatic rings. The van der Waals surface area contributed by atoms with Gasteiger partial charge in [-0.1, -0.05) is 36.4 Å². The predicted octanol–water partition coefficient (Wildman–Crippen LogP) is 2.03. The summed E-state index contributed by atoms with van der Waals surface area (Å²) in [4.78, 5) is 24.2. The molecule has 0 heterocycles. The average molecular weight is 262 g/mol. The number of hydrogen-bond acceptors (Lipinski definition) is 2. The van der Waals surface area contributed by atoms with E-state index in [0.717, 1.165) is 5.56 Å². The Morgan fingerprint density at radius 3 is 2.58 bits per heavy atom. The third kappa shape index (κ3) is 4.83. The predicted molar refractivity (Wildman–Crippen MR) is 72.8 cm³/mol. The minimum absolute atomic E-state index is 0.155. The van der Waals surface area contributed by atoms with Crippen LogP contribution in [-0.4, -0.2) is 35.6 Å². The molecule has 0 aliphatic rings. The van der Waals surface area contributed by atoms with E-state index in [1.165, 1.54) is 4.90 Å². The van der Waals surface area contributed by atoms with Crippen molar-refractivity contribution in [1.82, 2.24) is 10.2 Å². The third-order valence-electron chi connectivity index (χ3n) is 2.63. The lowest BCUT2D eigenvalue weighted by Crippen LogP contribution is -2.40. The van der Waals surface area contributed by atoms with Crippen LogP contribution in [0.5, 0.6) is 0 Å². The summed E-state index contributed by atoms with van der Waals surface area (Å²) < 4.78 is 0. The van der Waals surface area contributed by atoms with Crippen molar-refractivity contribution in [3.8, 4) is 0 Å². The van der Waals surface area contributed by atoms with Gasteiger partial charge in [0.15, 0.2) is 0 Å². The molecule has 1 aromatic carbocycles. The molecule has 1 atom stereocenters. The van der Waals surface area contributed by atoms with Gasteiger partial charge in [-0.2, -0.15) is 0 Å². The number of carbonyl (C=O) groups excluding carboxylic acids is 1. The number of amides is 2. The van der Waals surface area contributed by atoms with Gasteiger partial charge in [0.25, 0.3) is 0 Å². The van der Waals surface area contributed by atoms with E-state index in [9.17, 15) is 9.59 Å². The molecule has 5 heteroatoms. The molecule has 102 valence electrons. The Morgan fingerprint density at radius 1 is 1.42 bits per heavy atom. The molecule has 0 fully saturated rings. The van der Waals surface area contributed by atoms with Crippen molar-refractivity contribution in [2.75, 3.05) is 13.6 Å². The van der Waals surface area contributed by atoms with Crippen molar-refractivity contribution in [2.24, 2.45) is 0 Å². The monoisotopic (exact) mass is 262 g/mol. The Hall–Kier alpha value is -2.30. The molecule has 0 aromatic heterocycles. The Balaban J connectivity index is 2.78. The normalized spacial score (nSPS) is 11.4. The molecule has 0 spiro atoms. The molecule has 5 nitrogen and oxygen atoms in total. The highest BCUT2D eigenvalue weighted by atomic mass is 16.4. The molecule has 0 radical (unpaired) electrons. The molecular formula is C14H18N2O3. The highest BCUT2D eigenvalue weighted by molar-refractivity contribution is 5.76. The van der Waals surface area contributed by atoms with E-state index >= 15 is 0 Å². The molecule has 0 aliphatic carbocycles. The molecule has 0 aliphatic heterocycles. The smallest absolute Gasteiger partial charge is 0.317 e. The topological polar surface area (TPSA) is 69.6 Å². The van der Waals surface area contributed by atoms with Crippen LogP contribution >= 0.6 is 0 Å². The van der Waals surface area contributed by atoms with Gasteiger partial charge in [-0.3, -0.25) is 4.79 Å². The van der Waals surface area contributed by atoms with Crippen molar-refractivity contribution in [1.29, 1.82) is 0 Å². The van der Waals surface area contributed by atoms with Gasteiger partial charge in [-0.05, 0) is 5.56 Å². The molecular weight excluding hydrogens is 244 g/mol.